The van der Waals surface area contributed by atoms with Gasteiger partial charge in [0.25, 0.3) is 5.56 Å². The number of ether oxygens (including phenoxy) is 1. The number of aromatic nitrogens is 4. The number of benzene rings is 1. The number of halogens is 6. The van der Waals surface area contributed by atoms with Crippen molar-refractivity contribution in [3.05, 3.63) is 75.6 Å². The minimum absolute atomic E-state index is 0.0827. The summed E-state index contributed by atoms with van der Waals surface area (Å²) in [5.74, 6) is 0.174. The highest BCUT2D eigenvalue weighted by atomic mass is 28.3. The number of rotatable bonds is 10. The number of hydrogen-bond donors (Lipinski definition) is 2. The van der Waals surface area contributed by atoms with Crippen molar-refractivity contribution in [3.63, 3.8) is 0 Å². The lowest BCUT2D eigenvalue weighted by Crippen LogP contribution is -2.35. The number of allylic oxidation sites excluding steroid dienone is 1. The fraction of sp³-hybridized carbons (Fsp3) is 0.485. The topological polar surface area (TPSA) is 118 Å². The van der Waals surface area contributed by atoms with E-state index in [1.165, 1.54) is 0 Å². The molecule has 3 aromatic rings. The third kappa shape index (κ3) is 8.87. The third-order valence-corrected chi connectivity index (χ3v) is 10.5. The first-order valence-electron chi connectivity index (χ1n) is 16.0. The number of fused-ring (bicyclic) bond motifs is 1. The summed E-state index contributed by atoms with van der Waals surface area (Å²) in [5.41, 5.74) is -1.69. The molecule has 0 bridgehead atoms. The molecule has 2 N–H and O–H groups in total. The summed E-state index contributed by atoms with van der Waals surface area (Å²) in [4.78, 5) is 20.7. The Kier molecular flexibility index (Phi) is 10.5. The highest BCUT2D eigenvalue weighted by molar-refractivity contribution is 6.76. The van der Waals surface area contributed by atoms with Gasteiger partial charge in [-0.2, -0.15) is 36.7 Å². The molecular weight excluding hydrogens is 668 g/mol. The van der Waals surface area contributed by atoms with Gasteiger partial charge in [-0.25, -0.2) is 14.6 Å². The van der Waals surface area contributed by atoms with Crippen LogP contribution in [-0.2, 0) is 23.8 Å². The summed E-state index contributed by atoms with van der Waals surface area (Å²) >= 11 is 0. The molecule has 1 unspecified atom stereocenters. The predicted molar refractivity (Wildman–Crippen MR) is 174 cm³/mol. The number of hydrogen-bond acceptors (Lipinski definition) is 8. The van der Waals surface area contributed by atoms with Crippen LogP contribution in [0.5, 0.6) is 0 Å². The van der Waals surface area contributed by atoms with Gasteiger partial charge in [-0.3, -0.25) is 4.79 Å². The molecule has 1 aliphatic carbocycles. The Balaban J connectivity index is 1.29. The number of alkyl halides is 6. The minimum atomic E-state index is -4.90. The SMILES string of the molecule is C[Si](C)(C)CCOCn1ncc(N[C@H]2CCC[C@@H](CC3NC=C(C#N)c4cc(-c5ncc(C(F)(F)F)cn5)ccc43)C2)c(C(F)(F)F)c1=O. The third-order valence-electron chi connectivity index (χ3n) is 8.75. The quantitative estimate of drug-likeness (QED) is 0.126. The molecule has 2 aromatic heterocycles. The highest BCUT2D eigenvalue weighted by Crippen LogP contribution is 2.40. The molecular formula is C33H37F6N7O2Si. The van der Waals surface area contributed by atoms with Crippen LogP contribution in [0, 0.1) is 17.2 Å². The molecule has 1 aliphatic heterocycles. The minimum Gasteiger partial charge on any atom is -0.383 e. The second kappa shape index (κ2) is 14.3. The zero-order chi connectivity index (χ0) is 35.6. The molecule has 1 aromatic carbocycles. The maximum absolute atomic E-state index is 14.2. The van der Waals surface area contributed by atoms with Crippen LogP contribution in [0.3, 0.4) is 0 Å². The van der Waals surface area contributed by atoms with Crippen LogP contribution in [0.15, 0.2) is 47.8 Å². The molecule has 1 fully saturated rings. The van der Waals surface area contributed by atoms with E-state index in [9.17, 15) is 36.4 Å². The van der Waals surface area contributed by atoms with Crippen molar-refractivity contribution < 1.29 is 31.1 Å². The Bertz CT molecular complexity index is 1780. The first-order chi connectivity index (χ1) is 23.0. The monoisotopic (exact) mass is 705 g/mol. The summed E-state index contributed by atoms with van der Waals surface area (Å²) in [7, 11) is -1.42. The predicted octanol–water partition coefficient (Wildman–Crippen LogP) is 7.62. The van der Waals surface area contributed by atoms with E-state index >= 15 is 0 Å². The molecule has 49 heavy (non-hydrogen) atoms. The zero-order valence-corrected chi connectivity index (χ0v) is 28.3. The molecule has 3 heterocycles. The Morgan fingerprint density at radius 3 is 2.47 bits per heavy atom. The van der Waals surface area contributed by atoms with Gasteiger partial charge < -0.3 is 15.4 Å². The molecule has 5 rings (SSSR count). The maximum atomic E-state index is 14.2. The average Bonchev–Trinajstić information content (AvgIpc) is 3.02. The number of nitriles is 1. The van der Waals surface area contributed by atoms with Crippen LogP contribution in [0.1, 0.15) is 60.4 Å². The van der Waals surface area contributed by atoms with Gasteiger partial charge in [0.2, 0.25) is 0 Å². The van der Waals surface area contributed by atoms with E-state index in [0.29, 0.717) is 59.6 Å². The van der Waals surface area contributed by atoms with Crippen LogP contribution < -0.4 is 16.2 Å². The number of nitrogens with zero attached hydrogens (tertiary/aromatic N) is 5. The van der Waals surface area contributed by atoms with Crippen LogP contribution in [-0.4, -0.2) is 40.5 Å². The van der Waals surface area contributed by atoms with Gasteiger partial charge in [-0.05, 0) is 48.4 Å². The molecule has 3 atom stereocenters. The second-order valence-electron chi connectivity index (χ2n) is 13.7. The molecule has 0 saturated heterocycles. The van der Waals surface area contributed by atoms with E-state index in [4.69, 9.17) is 4.74 Å². The molecule has 1 saturated carbocycles. The largest absolute Gasteiger partial charge is 0.423 e. The lowest BCUT2D eigenvalue weighted by Gasteiger charge is -2.34. The Morgan fingerprint density at radius 2 is 1.82 bits per heavy atom. The lowest BCUT2D eigenvalue weighted by atomic mass is 9.79. The summed E-state index contributed by atoms with van der Waals surface area (Å²) in [6, 6.07) is 7.53. The van der Waals surface area contributed by atoms with E-state index in [0.717, 1.165) is 30.6 Å². The van der Waals surface area contributed by atoms with Crippen molar-refractivity contribution in [2.75, 3.05) is 11.9 Å². The Hall–Kier alpha value is -4.23. The van der Waals surface area contributed by atoms with Gasteiger partial charge in [0.05, 0.1) is 29.1 Å². The Labute approximate surface area is 280 Å². The second-order valence-corrected chi connectivity index (χ2v) is 19.3. The summed E-state index contributed by atoms with van der Waals surface area (Å²) < 4.78 is 87.6. The first kappa shape index (κ1) is 36.1. The van der Waals surface area contributed by atoms with E-state index in [1.807, 2.05) is 0 Å². The number of nitrogens with one attached hydrogen (secondary N) is 2. The molecule has 0 radical (unpaired) electrons. The highest BCUT2D eigenvalue weighted by Gasteiger charge is 2.39. The lowest BCUT2D eigenvalue weighted by molar-refractivity contribution is -0.139. The summed E-state index contributed by atoms with van der Waals surface area (Å²) in [6.07, 6.45) is -2.07. The van der Waals surface area contributed by atoms with E-state index in [2.05, 4.69) is 51.4 Å². The fourth-order valence-corrected chi connectivity index (χ4v) is 6.93. The smallest absolute Gasteiger partial charge is 0.383 e. The van der Waals surface area contributed by atoms with Crippen molar-refractivity contribution in [2.24, 2.45) is 5.92 Å². The van der Waals surface area contributed by atoms with E-state index < -0.39 is 37.1 Å². The normalized spacial score (nSPS) is 19.8. The Morgan fingerprint density at radius 1 is 1.08 bits per heavy atom. The molecule has 16 heteroatoms. The van der Waals surface area contributed by atoms with Gasteiger partial charge in [0.15, 0.2) is 5.82 Å². The van der Waals surface area contributed by atoms with Crippen LogP contribution >= 0.6 is 0 Å². The van der Waals surface area contributed by atoms with Crippen molar-refractivity contribution in [1.29, 1.82) is 5.26 Å². The van der Waals surface area contributed by atoms with Gasteiger partial charge >= 0.3 is 12.4 Å². The van der Waals surface area contributed by atoms with E-state index in [1.54, 1.807) is 24.4 Å². The molecule has 0 amide bonds. The summed E-state index contributed by atoms with van der Waals surface area (Å²) in [6.45, 7) is 6.40. The average molecular weight is 706 g/mol. The molecule has 9 nitrogen and oxygen atoms in total. The standard InChI is InChI=1S/C33H37F6N7O2Si/c1-49(2,3)10-9-48-19-46-31(47)29(33(37,38)39)28(18-44-46)45-24-6-4-5-20(11-24)12-27-25-8-7-21(13-26(25)22(14-40)15-41-27)30-42-16-23(17-43-30)32(34,35)36/h7-8,13,15-18,20,24,27,41,45H,4-6,9-12,19H2,1-3H3/t20-,24+,27?/m1/s1. The van der Waals surface area contributed by atoms with Gasteiger partial charge in [0, 0.05) is 44.9 Å². The van der Waals surface area contributed by atoms with E-state index in [-0.39, 0.29) is 36.2 Å². The first-order valence-corrected chi connectivity index (χ1v) is 19.7. The van der Waals surface area contributed by atoms with Crippen LogP contribution in [0.25, 0.3) is 17.0 Å². The fourth-order valence-electron chi connectivity index (χ4n) is 6.18. The zero-order valence-electron chi connectivity index (χ0n) is 27.3. The van der Waals surface area contributed by atoms with Crippen LogP contribution in [0.2, 0.25) is 25.7 Å². The van der Waals surface area contributed by atoms with Crippen molar-refractivity contribution in [2.45, 2.75) is 89.0 Å². The summed E-state index contributed by atoms with van der Waals surface area (Å²) in [5, 5.41) is 20.0. The van der Waals surface area contributed by atoms with Gasteiger partial charge in [-0.15, -0.1) is 0 Å². The van der Waals surface area contributed by atoms with Crippen molar-refractivity contribution in [1.82, 2.24) is 25.1 Å². The number of anilines is 1. The molecule has 0 spiro atoms. The van der Waals surface area contributed by atoms with Gasteiger partial charge in [0.1, 0.15) is 18.4 Å². The van der Waals surface area contributed by atoms with Crippen molar-refractivity contribution in [3.8, 4) is 17.5 Å². The molecule has 262 valence electrons. The van der Waals surface area contributed by atoms with Crippen LogP contribution in [0.4, 0.5) is 32.0 Å². The van der Waals surface area contributed by atoms with Crippen molar-refractivity contribution >= 4 is 19.3 Å². The van der Waals surface area contributed by atoms with Gasteiger partial charge in [-0.1, -0.05) is 44.6 Å². The maximum Gasteiger partial charge on any atom is 0.423 e. The molecule has 2 aliphatic rings.